The summed E-state index contributed by atoms with van der Waals surface area (Å²) < 4.78 is 3.21. The van der Waals surface area contributed by atoms with Crippen molar-refractivity contribution in [1.29, 1.82) is 0 Å². The zero-order valence-electron chi connectivity index (χ0n) is 8.94. The standard InChI is InChI=1S/C13H13BrN2/c1-2-8-16-9-7-15-13(16)10-11-3-5-12(14)6-4-11/h2-7,9H,1,8,10H2. The fourth-order valence-electron chi connectivity index (χ4n) is 1.60. The van der Waals surface area contributed by atoms with Crippen LogP contribution in [0.25, 0.3) is 0 Å². The van der Waals surface area contributed by atoms with Crippen LogP contribution >= 0.6 is 15.9 Å². The second-order valence-electron chi connectivity index (χ2n) is 3.59. The van der Waals surface area contributed by atoms with Crippen LogP contribution in [0.15, 0.2) is 53.8 Å². The maximum absolute atomic E-state index is 4.36. The molecule has 16 heavy (non-hydrogen) atoms. The van der Waals surface area contributed by atoms with Crippen LogP contribution in [0.3, 0.4) is 0 Å². The fraction of sp³-hybridized carbons (Fsp3) is 0.154. The predicted molar refractivity (Wildman–Crippen MR) is 69.4 cm³/mol. The van der Waals surface area contributed by atoms with E-state index in [1.807, 2.05) is 18.5 Å². The summed E-state index contributed by atoms with van der Waals surface area (Å²) in [5, 5.41) is 0. The highest BCUT2D eigenvalue weighted by Gasteiger charge is 2.02. The number of allylic oxidation sites excluding steroid dienone is 1. The van der Waals surface area contributed by atoms with Gasteiger partial charge in [-0.1, -0.05) is 34.1 Å². The summed E-state index contributed by atoms with van der Waals surface area (Å²) in [5.41, 5.74) is 1.26. The van der Waals surface area contributed by atoms with Gasteiger partial charge in [0.05, 0.1) is 0 Å². The zero-order chi connectivity index (χ0) is 11.4. The summed E-state index contributed by atoms with van der Waals surface area (Å²) in [4.78, 5) is 4.36. The topological polar surface area (TPSA) is 17.8 Å². The first-order valence-corrected chi connectivity index (χ1v) is 5.94. The van der Waals surface area contributed by atoms with E-state index in [1.165, 1.54) is 5.56 Å². The molecule has 0 radical (unpaired) electrons. The molecular weight excluding hydrogens is 264 g/mol. The van der Waals surface area contributed by atoms with Gasteiger partial charge in [0.25, 0.3) is 0 Å². The first kappa shape index (κ1) is 11.1. The molecule has 2 nitrogen and oxygen atoms in total. The molecule has 1 aromatic carbocycles. The first-order valence-electron chi connectivity index (χ1n) is 5.15. The molecule has 0 aliphatic carbocycles. The average Bonchev–Trinajstić information content (AvgIpc) is 2.70. The molecule has 0 saturated heterocycles. The van der Waals surface area contributed by atoms with E-state index in [4.69, 9.17) is 0 Å². The Morgan fingerprint density at radius 3 is 2.75 bits per heavy atom. The molecule has 0 fully saturated rings. The van der Waals surface area contributed by atoms with Gasteiger partial charge < -0.3 is 4.57 Å². The zero-order valence-corrected chi connectivity index (χ0v) is 10.5. The molecule has 0 spiro atoms. The number of hydrogen-bond donors (Lipinski definition) is 0. The van der Waals surface area contributed by atoms with Crippen molar-refractivity contribution in [1.82, 2.24) is 9.55 Å². The SMILES string of the molecule is C=CCn1ccnc1Cc1ccc(Br)cc1. The van der Waals surface area contributed by atoms with Crippen molar-refractivity contribution in [2.75, 3.05) is 0 Å². The van der Waals surface area contributed by atoms with E-state index in [1.54, 1.807) is 0 Å². The van der Waals surface area contributed by atoms with E-state index < -0.39 is 0 Å². The van der Waals surface area contributed by atoms with E-state index in [-0.39, 0.29) is 0 Å². The van der Waals surface area contributed by atoms with Crippen LogP contribution in [-0.4, -0.2) is 9.55 Å². The second-order valence-corrected chi connectivity index (χ2v) is 4.50. The molecule has 1 aromatic heterocycles. The number of imidazole rings is 1. The maximum Gasteiger partial charge on any atom is 0.113 e. The third-order valence-corrected chi connectivity index (χ3v) is 2.93. The molecule has 0 saturated carbocycles. The van der Waals surface area contributed by atoms with Gasteiger partial charge in [-0.25, -0.2) is 4.98 Å². The van der Waals surface area contributed by atoms with Crippen LogP contribution in [0.4, 0.5) is 0 Å². The van der Waals surface area contributed by atoms with Crippen LogP contribution in [0.5, 0.6) is 0 Å². The van der Waals surface area contributed by atoms with Gasteiger partial charge in [0, 0.05) is 29.8 Å². The summed E-state index contributed by atoms with van der Waals surface area (Å²) in [6.45, 7) is 4.55. The Balaban J connectivity index is 2.16. The minimum absolute atomic E-state index is 0.811. The van der Waals surface area contributed by atoms with Crippen LogP contribution < -0.4 is 0 Å². The molecule has 0 aliphatic heterocycles. The molecule has 2 rings (SSSR count). The molecule has 0 N–H and O–H groups in total. The Morgan fingerprint density at radius 1 is 1.31 bits per heavy atom. The fourth-order valence-corrected chi connectivity index (χ4v) is 1.86. The summed E-state index contributed by atoms with van der Waals surface area (Å²) >= 11 is 3.43. The Bertz CT molecular complexity index is 471. The number of halogens is 1. The molecule has 0 bridgehead atoms. The van der Waals surface area contributed by atoms with Gasteiger partial charge in [-0.2, -0.15) is 0 Å². The Hall–Kier alpha value is -1.35. The molecule has 2 aromatic rings. The minimum atomic E-state index is 0.811. The average molecular weight is 277 g/mol. The number of nitrogens with zero attached hydrogens (tertiary/aromatic N) is 2. The van der Waals surface area contributed by atoms with E-state index in [0.29, 0.717) is 0 Å². The lowest BCUT2D eigenvalue weighted by Gasteiger charge is -2.05. The monoisotopic (exact) mass is 276 g/mol. The number of rotatable bonds is 4. The van der Waals surface area contributed by atoms with E-state index in [2.05, 4.69) is 56.3 Å². The lowest BCUT2D eigenvalue weighted by Crippen LogP contribution is -2.02. The van der Waals surface area contributed by atoms with Crippen molar-refractivity contribution >= 4 is 15.9 Å². The van der Waals surface area contributed by atoms with Crippen molar-refractivity contribution in [2.45, 2.75) is 13.0 Å². The highest BCUT2D eigenvalue weighted by Crippen LogP contribution is 2.13. The summed E-state index contributed by atoms with van der Waals surface area (Å²) in [7, 11) is 0. The Morgan fingerprint density at radius 2 is 2.06 bits per heavy atom. The quantitative estimate of drug-likeness (QED) is 0.783. The number of aromatic nitrogens is 2. The van der Waals surface area contributed by atoms with Crippen molar-refractivity contribution in [2.24, 2.45) is 0 Å². The molecule has 0 aliphatic rings. The van der Waals surface area contributed by atoms with Gasteiger partial charge in [-0.3, -0.25) is 0 Å². The highest BCUT2D eigenvalue weighted by molar-refractivity contribution is 9.10. The summed E-state index contributed by atoms with van der Waals surface area (Å²) in [6.07, 6.45) is 6.55. The third kappa shape index (κ3) is 2.61. The minimum Gasteiger partial charge on any atom is -0.331 e. The van der Waals surface area contributed by atoms with Gasteiger partial charge in [0.1, 0.15) is 5.82 Å². The third-order valence-electron chi connectivity index (χ3n) is 2.40. The van der Waals surface area contributed by atoms with Gasteiger partial charge in [0.2, 0.25) is 0 Å². The van der Waals surface area contributed by atoms with Gasteiger partial charge in [-0.05, 0) is 17.7 Å². The number of hydrogen-bond acceptors (Lipinski definition) is 1. The molecule has 0 amide bonds. The van der Waals surface area contributed by atoms with Crippen LogP contribution in [0.2, 0.25) is 0 Å². The predicted octanol–water partition coefficient (Wildman–Crippen LogP) is 3.42. The molecular formula is C13H13BrN2. The van der Waals surface area contributed by atoms with Crippen LogP contribution in [-0.2, 0) is 13.0 Å². The van der Waals surface area contributed by atoms with Gasteiger partial charge in [0.15, 0.2) is 0 Å². The molecule has 1 heterocycles. The van der Waals surface area contributed by atoms with Gasteiger partial charge >= 0.3 is 0 Å². The summed E-state index contributed by atoms with van der Waals surface area (Å²) in [5.74, 6) is 1.07. The van der Waals surface area contributed by atoms with E-state index in [0.717, 1.165) is 23.3 Å². The van der Waals surface area contributed by atoms with Crippen molar-refractivity contribution < 1.29 is 0 Å². The van der Waals surface area contributed by atoms with E-state index >= 15 is 0 Å². The molecule has 3 heteroatoms. The molecule has 0 atom stereocenters. The Labute approximate surface area is 104 Å². The van der Waals surface area contributed by atoms with E-state index in [9.17, 15) is 0 Å². The largest absolute Gasteiger partial charge is 0.331 e. The normalized spacial score (nSPS) is 10.3. The smallest absolute Gasteiger partial charge is 0.113 e. The summed E-state index contributed by atoms with van der Waals surface area (Å²) in [6, 6.07) is 8.32. The van der Waals surface area contributed by atoms with Crippen molar-refractivity contribution in [3.05, 3.63) is 65.2 Å². The Kier molecular flexibility index (Phi) is 3.57. The second kappa shape index (κ2) is 5.12. The molecule has 0 unspecified atom stereocenters. The number of benzene rings is 1. The maximum atomic E-state index is 4.36. The first-order chi connectivity index (χ1) is 7.79. The highest BCUT2D eigenvalue weighted by atomic mass is 79.9. The van der Waals surface area contributed by atoms with Crippen molar-refractivity contribution in [3.63, 3.8) is 0 Å². The van der Waals surface area contributed by atoms with Crippen LogP contribution in [0.1, 0.15) is 11.4 Å². The van der Waals surface area contributed by atoms with Gasteiger partial charge in [-0.15, -0.1) is 6.58 Å². The van der Waals surface area contributed by atoms with Crippen LogP contribution in [0, 0.1) is 0 Å². The lowest BCUT2D eigenvalue weighted by atomic mass is 10.1. The lowest BCUT2D eigenvalue weighted by molar-refractivity contribution is 0.758. The molecule has 82 valence electrons. The van der Waals surface area contributed by atoms with Crippen molar-refractivity contribution in [3.8, 4) is 0 Å².